The lowest BCUT2D eigenvalue weighted by atomic mass is 10.0. The topological polar surface area (TPSA) is 147 Å². The molecule has 0 radical (unpaired) electrons. The van der Waals surface area contributed by atoms with E-state index in [-0.39, 0.29) is 53.9 Å². The molecule has 0 aliphatic carbocycles. The van der Waals surface area contributed by atoms with Crippen molar-refractivity contribution < 1.29 is 37.3 Å². The number of urea groups is 1. The second-order valence-corrected chi connectivity index (χ2v) is 14.2. The molecule has 1 aliphatic heterocycles. The molecule has 1 heterocycles. The number of benzene rings is 3. The maximum atomic E-state index is 14.4. The van der Waals surface area contributed by atoms with E-state index in [9.17, 15) is 23.1 Å². The number of anilines is 2. The predicted octanol–water partition coefficient (Wildman–Crippen LogP) is 5.46. The molecule has 4 atom stereocenters. The highest BCUT2D eigenvalue weighted by Crippen LogP contribution is 2.30. The molecule has 0 bridgehead atoms. The van der Waals surface area contributed by atoms with Crippen LogP contribution >= 0.6 is 0 Å². The summed E-state index contributed by atoms with van der Waals surface area (Å²) in [6.07, 6.45) is 1.60. The first-order valence-electron chi connectivity index (χ1n) is 16.5. The summed E-state index contributed by atoms with van der Waals surface area (Å²) in [6, 6.07) is 18.9. The third-order valence-electron chi connectivity index (χ3n) is 8.50. The van der Waals surface area contributed by atoms with Crippen LogP contribution in [0.1, 0.15) is 50.4 Å². The maximum absolute atomic E-state index is 14.4. The number of fused-ring (bicyclic) bond motifs is 1. The number of hydrogen-bond donors (Lipinski definition) is 3. The number of nitrogens with zero attached hydrogens (tertiary/aromatic N) is 2. The molecule has 0 spiro atoms. The van der Waals surface area contributed by atoms with Gasteiger partial charge in [-0.1, -0.05) is 25.1 Å². The van der Waals surface area contributed by atoms with Gasteiger partial charge in [-0.3, -0.25) is 9.52 Å². The molecular formula is C36H48N4O8S. The number of rotatable bonds is 9. The monoisotopic (exact) mass is 696 g/mol. The van der Waals surface area contributed by atoms with Gasteiger partial charge in [-0.25, -0.2) is 13.2 Å². The Morgan fingerprint density at radius 3 is 2.45 bits per heavy atom. The lowest BCUT2D eigenvalue weighted by Crippen LogP contribution is -2.48. The molecule has 3 aromatic rings. The van der Waals surface area contributed by atoms with Gasteiger partial charge in [0.05, 0.1) is 42.4 Å². The Balaban J connectivity index is 1.63. The first-order valence-corrected chi connectivity index (χ1v) is 18.0. The van der Waals surface area contributed by atoms with Crippen molar-refractivity contribution in [3.05, 3.63) is 78.4 Å². The maximum Gasteiger partial charge on any atom is 0.321 e. The smallest absolute Gasteiger partial charge is 0.321 e. The number of amides is 3. The summed E-state index contributed by atoms with van der Waals surface area (Å²) in [4.78, 5) is 30.6. The molecule has 12 nitrogen and oxygen atoms in total. The van der Waals surface area contributed by atoms with Gasteiger partial charge in [0, 0.05) is 44.0 Å². The number of aliphatic hydroxyl groups is 1. The van der Waals surface area contributed by atoms with Gasteiger partial charge in [0.1, 0.15) is 11.5 Å². The van der Waals surface area contributed by atoms with Gasteiger partial charge >= 0.3 is 6.03 Å². The standard InChI is InChI=1S/C36H48N4O8S/c1-25-22-40(26(2)24-41)35(42)32-21-29(38-49(44,45)31-17-15-30(46-5)16-18-31)14-19-33(32)48-27(3)11-9-10-20-47-34(25)23-39(4)36(43)37-28-12-7-6-8-13-28/h6-8,12-19,21,25-27,34,38,41H,9-11,20,22-24H2,1-5H3,(H,37,43)/t25-,26-,27+,34+/m0/s1. The fraction of sp³-hybridized carbons (Fsp3) is 0.444. The van der Waals surface area contributed by atoms with Crippen molar-refractivity contribution in [1.29, 1.82) is 0 Å². The molecule has 266 valence electrons. The summed E-state index contributed by atoms with van der Waals surface area (Å²) >= 11 is 0. The number of methoxy groups -OCH3 is 1. The number of ether oxygens (including phenoxy) is 3. The van der Waals surface area contributed by atoms with Crippen LogP contribution in [-0.2, 0) is 14.8 Å². The zero-order chi connectivity index (χ0) is 35.6. The van der Waals surface area contributed by atoms with Crippen LogP contribution in [-0.4, -0.2) is 94.0 Å². The Kier molecular flexibility index (Phi) is 13.3. The van der Waals surface area contributed by atoms with E-state index < -0.39 is 28.1 Å². The third-order valence-corrected chi connectivity index (χ3v) is 9.90. The van der Waals surface area contributed by atoms with Gasteiger partial charge in [0.15, 0.2) is 0 Å². The fourth-order valence-electron chi connectivity index (χ4n) is 5.51. The first kappa shape index (κ1) is 37.5. The highest BCUT2D eigenvalue weighted by atomic mass is 32.2. The minimum Gasteiger partial charge on any atom is -0.497 e. The largest absolute Gasteiger partial charge is 0.497 e. The molecule has 3 amide bonds. The van der Waals surface area contributed by atoms with E-state index in [0.717, 1.165) is 12.8 Å². The van der Waals surface area contributed by atoms with Crippen molar-refractivity contribution in [3.63, 3.8) is 0 Å². The predicted molar refractivity (Wildman–Crippen MR) is 189 cm³/mol. The van der Waals surface area contributed by atoms with Gasteiger partial charge in [-0.15, -0.1) is 0 Å². The summed E-state index contributed by atoms with van der Waals surface area (Å²) < 4.78 is 46.8. The Morgan fingerprint density at radius 2 is 1.78 bits per heavy atom. The average Bonchev–Trinajstić information content (AvgIpc) is 3.09. The van der Waals surface area contributed by atoms with Crippen LogP contribution in [0.4, 0.5) is 16.2 Å². The van der Waals surface area contributed by atoms with Crippen LogP contribution in [0, 0.1) is 5.92 Å². The number of nitrogens with one attached hydrogen (secondary N) is 2. The van der Waals surface area contributed by atoms with E-state index in [1.165, 1.54) is 25.3 Å². The fourth-order valence-corrected chi connectivity index (χ4v) is 6.56. The molecular weight excluding hydrogens is 648 g/mol. The van der Waals surface area contributed by atoms with E-state index in [1.807, 2.05) is 44.2 Å². The number of sulfonamides is 1. The minimum atomic E-state index is -4.00. The van der Waals surface area contributed by atoms with E-state index in [1.54, 1.807) is 48.0 Å². The number of para-hydroxylation sites is 1. The van der Waals surface area contributed by atoms with E-state index in [4.69, 9.17) is 14.2 Å². The Bertz CT molecular complexity index is 1640. The molecule has 0 aromatic heterocycles. The van der Waals surface area contributed by atoms with Crippen molar-refractivity contribution in [3.8, 4) is 11.5 Å². The van der Waals surface area contributed by atoms with E-state index in [0.29, 0.717) is 30.2 Å². The number of aliphatic hydroxyl groups excluding tert-OH is 1. The highest BCUT2D eigenvalue weighted by molar-refractivity contribution is 7.92. The Hall–Kier alpha value is -4.33. The van der Waals surface area contributed by atoms with Gasteiger partial charge < -0.3 is 34.4 Å². The molecule has 1 aliphatic rings. The zero-order valence-electron chi connectivity index (χ0n) is 28.8. The molecule has 0 fully saturated rings. The third kappa shape index (κ3) is 10.3. The molecule has 0 saturated carbocycles. The number of carbonyl (C=O) groups is 2. The van der Waals surface area contributed by atoms with Gasteiger partial charge in [-0.2, -0.15) is 0 Å². The van der Waals surface area contributed by atoms with Crippen LogP contribution in [0.3, 0.4) is 0 Å². The van der Waals surface area contributed by atoms with Gasteiger partial charge in [0.25, 0.3) is 15.9 Å². The SMILES string of the molecule is COc1ccc(S(=O)(=O)Nc2ccc3c(c2)C(=O)N([C@@H](C)CO)C[C@H](C)[C@@H](CN(C)C(=O)Nc2ccccc2)OCCCC[C@@H](C)O3)cc1. The van der Waals surface area contributed by atoms with Crippen LogP contribution < -0.4 is 19.5 Å². The Labute approximate surface area is 289 Å². The van der Waals surface area contributed by atoms with Crippen LogP contribution in [0.2, 0.25) is 0 Å². The molecule has 3 aromatic carbocycles. The lowest BCUT2D eigenvalue weighted by Gasteiger charge is -2.35. The first-order chi connectivity index (χ1) is 23.4. The summed E-state index contributed by atoms with van der Waals surface area (Å²) in [6.45, 7) is 6.22. The van der Waals surface area contributed by atoms with Gasteiger partial charge in [-0.05, 0) is 87.7 Å². The van der Waals surface area contributed by atoms with Crippen molar-refractivity contribution in [2.45, 2.75) is 63.2 Å². The van der Waals surface area contributed by atoms with E-state index in [2.05, 4.69) is 10.0 Å². The second-order valence-electron chi connectivity index (χ2n) is 12.5. The molecule has 0 saturated heterocycles. The molecule has 4 rings (SSSR count). The Morgan fingerprint density at radius 1 is 1.06 bits per heavy atom. The number of hydrogen-bond acceptors (Lipinski definition) is 8. The van der Waals surface area contributed by atoms with Crippen molar-refractivity contribution in [2.24, 2.45) is 5.92 Å². The highest BCUT2D eigenvalue weighted by Gasteiger charge is 2.31. The van der Waals surface area contributed by atoms with Crippen molar-refractivity contribution >= 4 is 33.3 Å². The van der Waals surface area contributed by atoms with Crippen molar-refractivity contribution in [1.82, 2.24) is 9.80 Å². The molecule has 3 N–H and O–H groups in total. The normalized spacial score (nSPS) is 19.8. The molecule has 49 heavy (non-hydrogen) atoms. The van der Waals surface area contributed by atoms with Crippen molar-refractivity contribution in [2.75, 3.05) is 50.5 Å². The summed E-state index contributed by atoms with van der Waals surface area (Å²) in [5, 5.41) is 13.1. The quantitative estimate of drug-likeness (QED) is 0.268. The minimum absolute atomic E-state index is 0.0300. The average molecular weight is 697 g/mol. The van der Waals surface area contributed by atoms with Crippen LogP contribution in [0.25, 0.3) is 0 Å². The summed E-state index contributed by atoms with van der Waals surface area (Å²) in [5.41, 5.74) is 1.01. The summed E-state index contributed by atoms with van der Waals surface area (Å²) in [5.74, 6) is 0.138. The number of likely N-dealkylation sites (N-methyl/N-ethyl adjacent to an activating group) is 1. The second kappa shape index (κ2) is 17.4. The summed E-state index contributed by atoms with van der Waals surface area (Å²) in [7, 11) is -0.803. The number of carbonyl (C=O) groups excluding carboxylic acids is 2. The van der Waals surface area contributed by atoms with E-state index >= 15 is 0 Å². The zero-order valence-corrected chi connectivity index (χ0v) is 29.6. The molecule has 13 heteroatoms. The lowest BCUT2D eigenvalue weighted by molar-refractivity contribution is -0.0115. The molecule has 0 unspecified atom stereocenters. The van der Waals surface area contributed by atoms with Gasteiger partial charge in [0.2, 0.25) is 0 Å². The van der Waals surface area contributed by atoms with Crippen LogP contribution in [0.15, 0.2) is 77.7 Å². The van der Waals surface area contributed by atoms with Crippen LogP contribution in [0.5, 0.6) is 11.5 Å².